The van der Waals surface area contributed by atoms with Crippen LogP contribution in [0.25, 0.3) is 0 Å². The van der Waals surface area contributed by atoms with E-state index in [0.29, 0.717) is 25.6 Å². The lowest BCUT2D eigenvalue weighted by Crippen LogP contribution is -2.41. The summed E-state index contributed by atoms with van der Waals surface area (Å²) in [5, 5.41) is 19.0. The predicted molar refractivity (Wildman–Crippen MR) is 110 cm³/mol. The summed E-state index contributed by atoms with van der Waals surface area (Å²) >= 11 is 1.64. The highest BCUT2D eigenvalue weighted by Gasteiger charge is 2.17. The number of thiophene rings is 1. The van der Waals surface area contributed by atoms with E-state index in [0.717, 1.165) is 6.07 Å². The molecule has 9 nitrogen and oxygen atoms in total. The number of benzene rings is 1. The van der Waals surface area contributed by atoms with Gasteiger partial charge in [0.1, 0.15) is 0 Å². The topological polar surface area (TPSA) is 126 Å². The van der Waals surface area contributed by atoms with Crippen molar-refractivity contribution in [2.24, 2.45) is 4.99 Å². The van der Waals surface area contributed by atoms with Crippen LogP contribution in [0.15, 0.2) is 45.6 Å². The molecule has 0 aliphatic rings. The van der Waals surface area contributed by atoms with Crippen LogP contribution in [0.5, 0.6) is 0 Å². The summed E-state index contributed by atoms with van der Waals surface area (Å²) in [4.78, 5) is 15.7. The summed E-state index contributed by atoms with van der Waals surface area (Å²) in [5.74, 6) is 0.588. The summed E-state index contributed by atoms with van der Waals surface area (Å²) in [6.45, 7) is 5.60. The normalized spacial score (nSPS) is 12.0. The van der Waals surface area contributed by atoms with Gasteiger partial charge in [-0.05, 0) is 36.9 Å². The van der Waals surface area contributed by atoms with Crippen LogP contribution in [0, 0.1) is 17.0 Å². The molecule has 11 heteroatoms. The van der Waals surface area contributed by atoms with Crippen LogP contribution in [-0.4, -0.2) is 38.9 Å². The van der Waals surface area contributed by atoms with Gasteiger partial charge in [-0.25, -0.2) is 18.1 Å². The second-order valence-electron chi connectivity index (χ2n) is 5.80. The maximum absolute atomic E-state index is 12.3. The van der Waals surface area contributed by atoms with E-state index in [1.807, 2.05) is 25.3 Å². The molecule has 3 N–H and O–H groups in total. The standard InChI is InChI=1S/C17H23N5O4S2/c1-3-18-17(20-12-16-13(2)7-10-27-16)19-8-9-21-28(25,26)15-6-4-5-14(11-15)22(23)24/h4-7,10-11,21H,3,8-9,12H2,1-2H3,(H2,18,19,20). The number of nitrogens with one attached hydrogen (secondary N) is 3. The Kier molecular flexibility index (Phi) is 7.91. The first-order valence-corrected chi connectivity index (χ1v) is 11.0. The average Bonchev–Trinajstić information content (AvgIpc) is 3.08. The third-order valence-corrected chi connectivity index (χ3v) is 6.21. The number of hydrogen-bond acceptors (Lipinski definition) is 6. The van der Waals surface area contributed by atoms with Gasteiger partial charge in [0, 0.05) is 36.6 Å². The number of guanidine groups is 1. The van der Waals surface area contributed by atoms with Crippen molar-refractivity contribution in [1.82, 2.24) is 15.4 Å². The highest BCUT2D eigenvalue weighted by atomic mass is 32.2. The number of aliphatic imine (C=N–C) groups is 1. The average molecular weight is 426 g/mol. The molecule has 0 atom stereocenters. The van der Waals surface area contributed by atoms with Gasteiger partial charge in [-0.15, -0.1) is 11.3 Å². The van der Waals surface area contributed by atoms with Gasteiger partial charge in [-0.1, -0.05) is 6.07 Å². The molecule has 0 radical (unpaired) electrons. The number of non-ortho nitro benzene ring substituents is 1. The van der Waals surface area contributed by atoms with E-state index in [2.05, 4.69) is 20.3 Å². The van der Waals surface area contributed by atoms with Crippen LogP contribution in [0.1, 0.15) is 17.4 Å². The van der Waals surface area contributed by atoms with Gasteiger partial charge in [0.05, 0.1) is 16.4 Å². The van der Waals surface area contributed by atoms with E-state index >= 15 is 0 Å². The molecule has 0 unspecified atom stereocenters. The van der Waals surface area contributed by atoms with E-state index in [4.69, 9.17) is 0 Å². The fraction of sp³-hybridized carbons (Fsp3) is 0.353. The minimum absolute atomic E-state index is 0.105. The molecule has 1 aromatic carbocycles. The number of aryl methyl sites for hydroxylation is 1. The quantitative estimate of drug-likeness (QED) is 0.185. The first-order valence-electron chi connectivity index (χ1n) is 8.62. The molecule has 1 aromatic heterocycles. The molecule has 0 aliphatic heterocycles. The zero-order valence-electron chi connectivity index (χ0n) is 15.6. The second-order valence-corrected chi connectivity index (χ2v) is 8.57. The zero-order valence-corrected chi connectivity index (χ0v) is 17.3. The molecule has 152 valence electrons. The molecule has 0 saturated heterocycles. The number of nitro benzene ring substituents is 1. The molecule has 28 heavy (non-hydrogen) atoms. The van der Waals surface area contributed by atoms with Crippen LogP contribution in [0.4, 0.5) is 5.69 Å². The lowest BCUT2D eigenvalue weighted by atomic mass is 10.3. The van der Waals surface area contributed by atoms with Crippen molar-refractivity contribution < 1.29 is 13.3 Å². The Balaban J connectivity index is 1.90. The van der Waals surface area contributed by atoms with Crippen LogP contribution < -0.4 is 15.4 Å². The molecule has 0 fully saturated rings. The van der Waals surface area contributed by atoms with E-state index in [9.17, 15) is 18.5 Å². The largest absolute Gasteiger partial charge is 0.357 e. The lowest BCUT2D eigenvalue weighted by Gasteiger charge is -2.12. The van der Waals surface area contributed by atoms with Crippen molar-refractivity contribution in [2.45, 2.75) is 25.3 Å². The summed E-state index contributed by atoms with van der Waals surface area (Å²) in [6, 6.07) is 6.98. The van der Waals surface area contributed by atoms with Crippen molar-refractivity contribution in [2.75, 3.05) is 19.6 Å². The molecular formula is C17H23N5O4S2. The van der Waals surface area contributed by atoms with Crippen molar-refractivity contribution in [1.29, 1.82) is 0 Å². The van der Waals surface area contributed by atoms with E-state index in [-0.39, 0.29) is 17.1 Å². The zero-order chi connectivity index (χ0) is 20.6. The minimum atomic E-state index is -3.83. The van der Waals surface area contributed by atoms with Crippen molar-refractivity contribution >= 4 is 33.0 Å². The van der Waals surface area contributed by atoms with Crippen LogP contribution >= 0.6 is 11.3 Å². The van der Waals surface area contributed by atoms with E-state index in [1.54, 1.807) is 11.3 Å². The van der Waals surface area contributed by atoms with Crippen molar-refractivity contribution in [3.8, 4) is 0 Å². The molecule has 0 amide bonds. The fourth-order valence-corrected chi connectivity index (χ4v) is 4.17. The fourth-order valence-electron chi connectivity index (χ4n) is 2.27. The molecule has 2 rings (SSSR count). The maximum atomic E-state index is 12.3. The molecule has 0 saturated carbocycles. The summed E-state index contributed by atoms with van der Waals surface area (Å²) in [6.07, 6.45) is 0. The molecule has 2 aromatic rings. The Morgan fingerprint density at radius 1 is 1.25 bits per heavy atom. The van der Waals surface area contributed by atoms with Gasteiger partial charge < -0.3 is 10.6 Å². The first kappa shape index (κ1) is 21.8. The first-order chi connectivity index (χ1) is 13.3. The Bertz CT molecular complexity index is 941. The summed E-state index contributed by atoms with van der Waals surface area (Å²) in [5.41, 5.74) is 0.917. The van der Waals surface area contributed by atoms with E-state index in [1.165, 1.54) is 28.6 Å². The Morgan fingerprint density at radius 3 is 2.68 bits per heavy atom. The highest BCUT2D eigenvalue weighted by molar-refractivity contribution is 7.89. The Morgan fingerprint density at radius 2 is 2.04 bits per heavy atom. The van der Waals surface area contributed by atoms with Gasteiger partial charge in [-0.3, -0.25) is 10.1 Å². The third-order valence-electron chi connectivity index (χ3n) is 3.74. The number of nitro groups is 1. The minimum Gasteiger partial charge on any atom is -0.357 e. The van der Waals surface area contributed by atoms with Gasteiger partial charge in [0.2, 0.25) is 10.0 Å². The number of hydrogen-bond donors (Lipinski definition) is 3. The number of nitrogens with zero attached hydrogens (tertiary/aromatic N) is 2. The monoisotopic (exact) mass is 425 g/mol. The maximum Gasteiger partial charge on any atom is 0.270 e. The molecule has 1 heterocycles. The van der Waals surface area contributed by atoms with E-state index < -0.39 is 14.9 Å². The molecule has 0 bridgehead atoms. The Hall–Kier alpha value is -2.50. The molecule has 0 spiro atoms. The van der Waals surface area contributed by atoms with Gasteiger partial charge in [-0.2, -0.15) is 0 Å². The SMILES string of the molecule is CCNC(=NCc1sccc1C)NCCNS(=O)(=O)c1cccc([N+](=O)[O-])c1. The van der Waals surface area contributed by atoms with Crippen molar-refractivity contribution in [3.63, 3.8) is 0 Å². The van der Waals surface area contributed by atoms with Crippen LogP contribution in [-0.2, 0) is 16.6 Å². The van der Waals surface area contributed by atoms with Crippen LogP contribution in [0.3, 0.4) is 0 Å². The van der Waals surface area contributed by atoms with Gasteiger partial charge in [0.15, 0.2) is 5.96 Å². The Labute approximate surface area is 168 Å². The second kappa shape index (κ2) is 10.2. The van der Waals surface area contributed by atoms with Crippen LogP contribution in [0.2, 0.25) is 0 Å². The van der Waals surface area contributed by atoms with Gasteiger partial charge in [0.25, 0.3) is 5.69 Å². The molecular weight excluding hydrogens is 402 g/mol. The summed E-state index contributed by atoms with van der Waals surface area (Å²) < 4.78 is 27.0. The lowest BCUT2D eigenvalue weighted by molar-refractivity contribution is -0.385. The van der Waals surface area contributed by atoms with Crippen molar-refractivity contribution in [3.05, 3.63) is 56.3 Å². The summed E-state index contributed by atoms with van der Waals surface area (Å²) in [7, 11) is -3.83. The van der Waals surface area contributed by atoms with Gasteiger partial charge >= 0.3 is 0 Å². The predicted octanol–water partition coefficient (Wildman–Crippen LogP) is 2.00. The molecule has 0 aliphatic carbocycles. The highest BCUT2D eigenvalue weighted by Crippen LogP contribution is 2.17. The smallest absolute Gasteiger partial charge is 0.270 e. The number of sulfonamides is 1. The third kappa shape index (κ3) is 6.29. The number of rotatable bonds is 9.